The molecule has 0 aliphatic heterocycles. The van der Waals surface area contributed by atoms with Gasteiger partial charge in [-0.15, -0.1) is 0 Å². The molecule has 0 atom stereocenters. The summed E-state index contributed by atoms with van der Waals surface area (Å²) in [6.45, 7) is 11.1. The largest absolute Gasteiger partial charge is 0.508 e. The van der Waals surface area contributed by atoms with Crippen LogP contribution in [0.4, 0.5) is 32.9 Å². The SMILES string of the molecule is CC.CC.CO.CP=O.CP=O.F.F.F.F.F.F.F.Oc1ccccc1.c1ccc2ccccc2c1.c1ccc2ccccc2c1.c1ccc2ccccc2c1. The molecule has 56 heavy (non-hydrogen) atoms. The molecule has 0 fully saturated rings. The van der Waals surface area contributed by atoms with Crippen molar-refractivity contribution in [2.45, 2.75) is 27.7 Å². The summed E-state index contributed by atoms with van der Waals surface area (Å²) in [6.07, 6.45) is 0. The zero-order chi connectivity index (χ0) is 37.0. The predicted octanol–water partition coefficient (Wildman–Crippen LogP) is 14.5. The van der Waals surface area contributed by atoms with Gasteiger partial charge in [-0.2, -0.15) is 0 Å². The van der Waals surface area contributed by atoms with Crippen LogP contribution in [-0.4, -0.2) is 30.7 Å². The topological polar surface area (TPSA) is 74.6 Å². The molecule has 0 saturated heterocycles. The lowest BCUT2D eigenvalue weighted by Crippen LogP contribution is -1.67. The first-order valence-corrected chi connectivity index (χ1v) is 18.6. The second kappa shape index (κ2) is 54.1. The van der Waals surface area contributed by atoms with Crippen LogP contribution in [0.1, 0.15) is 27.7 Å². The molecule has 7 rings (SSSR count). The summed E-state index contributed by atoms with van der Waals surface area (Å²) in [7, 11) is 1.33. The molecule has 0 aromatic heterocycles. The fourth-order valence-corrected chi connectivity index (χ4v) is 3.83. The van der Waals surface area contributed by atoms with E-state index in [1.54, 1.807) is 37.6 Å². The fourth-order valence-electron chi connectivity index (χ4n) is 3.83. The number of phenolic OH excluding ortho intramolecular Hbond substituents is 1. The zero-order valence-corrected chi connectivity index (χ0v) is 34.5. The van der Waals surface area contributed by atoms with E-state index in [0.717, 1.165) is 7.11 Å². The maximum Gasteiger partial charge on any atom is 0.151 e. The lowest BCUT2D eigenvalue weighted by atomic mass is 10.1. The zero-order valence-electron chi connectivity index (χ0n) is 32.7. The average Bonchev–Trinajstić information content (AvgIpc) is 3.19. The fraction of sp³-hybridized carbons (Fsp3) is 0.163. The van der Waals surface area contributed by atoms with Crippen molar-refractivity contribution in [3.8, 4) is 5.75 Å². The van der Waals surface area contributed by atoms with Crippen molar-refractivity contribution in [2.24, 2.45) is 0 Å². The van der Waals surface area contributed by atoms with Gasteiger partial charge in [0.15, 0.2) is 16.9 Å². The Morgan fingerprint density at radius 2 is 0.411 bits per heavy atom. The molecule has 0 aliphatic carbocycles. The van der Waals surface area contributed by atoms with Crippen molar-refractivity contribution >= 4 is 49.2 Å². The van der Waals surface area contributed by atoms with E-state index in [1.807, 2.05) is 33.8 Å². The van der Waals surface area contributed by atoms with E-state index in [9.17, 15) is 0 Å². The summed E-state index contributed by atoms with van der Waals surface area (Å²) in [6, 6.07) is 58.9. The number of para-hydroxylation sites is 1. The van der Waals surface area contributed by atoms with Crippen LogP contribution in [0, 0.1) is 0 Å². The first-order chi connectivity index (χ1) is 24.1. The van der Waals surface area contributed by atoms with Gasteiger partial charge in [-0.3, -0.25) is 42.1 Å². The minimum Gasteiger partial charge on any atom is -0.508 e. The molecule has 0 aliphatic rings. The minimum absolute atomic E-state index is 0. The van der Waals surface area contributed by atoms with Gasteiger partial charge in [-0.1, -0.05) is 191 Å². The number of halogens is 7. The molecular formula is C43H59F7O4P2. The van der Waals surface area contributed by atoms with Crippen LogP contribution >= 0.6 is 16.9 Å². The summed E-state index contributed by atoms with van der Waals surface area (Å²) in [5.74, 6) is 0.322. The van der Waals surface area contributed by atoms with Gasteiger partial charge in [0, 0.05) is 20.4 Å². The second-order valence-electron chi connectivity index (χ2n) is 8.74. The molecule has 2 N–H and O–H groups in total. The average molecular weight is 835 g/mol. The summed E-state index contributed by atoms with van der Waals surface area (Å²) in [5, 5.41) is 23.5. The van der Waals surface area contributed by atoms with Crippen LogP contribution in [-0.2, 0) is 9.13 Å². The van der Waals surface area contributed by atoms with Crippen molar-refractivity contribution in [1.29, 1.82) is 0 Å². The molecule has 13 heteroatoms. The Bertz CT molecular complexity index is 1420. The quantitative estimate of drug-likeness (QED) is 0.118. The van der Waals surface area contributed by atoms with Crippen LogP contribution < -0.4 is 0 Å². The molecule has 0 heterocycles. The van der Waals surface area contributed by atoms with Crippen molar-refractivity contribution < 1.29 is 52.3 Å². The van der Waals surface area contributed by atoms with E-state index in [0.29, 0.717) is 5.75 Å². The van der Waals surface area contributed by atoms with E-state index in [1.165, 1.54) is 32.3 Å². The van der Waals surface area contributed by atoms with Crippen LogP contribution in [0.5, 0.6) is 5.75 Å². The van der Waals surface area contributed by atoms with Gasteiger partial charge in [0.2, 0.25) is 0 Å². The Morgan fingerprint density at radius 3 is 0.500 bits per heavy atom. The third-order valence-electron chi connectivity index (χ3n) is 5.73. The number of aromatic hydroxyl groups is 1. The smallest absolute Gasteiger partial charge is 0.151 e. The minimum atomic E-state index is 0. The lowest BCUT2D eigenvalue weighted by Gasteiger charge is -1.92. The molecule has 4 nitrogen and oxygen atoms in total. The van der Waals surface area contributed by atoms with Gasteiger partial charge < -0.3 is 10.2 Å². The Hall–Kier alpha value is -5.21. The molecule has 7 aromatic carbocycles. The summed E-state index contributed by atoms with van der Waals surface area (Å²) < 4.78 is 17.8. The molecule has 0 bridgehead atoms. The van der Waals surface area contributed by atoms with E-state index < -0.39 is 0 Å². The van der Waals surface area contributed by atoms with E-state index in [4.69, 9.17) is 19.3 Å². The summed E-state index contributed by atoms with van der Waals surface area (Å²) >= 11 is 0. The Labute approximate surface area is 330 Å². The maximum absolute atomic E-state index is 8.90. The van der Waals surface area contributed by atoms with E-state index in [2.05, 4.69) is 146 Å². The van der Waals surface area contributed by atoms with Crippen molar-refractivity contribution in [1.82, 2.24) is 0 Å². The highest BCUT2D eigenvalue weighted by atomic mass is 31.1. The maximum atomic E-state index is 8.90. The van der Waals surface area contributed by atoms with Gasteiger partial charge in [0.05, 0.1) is 0 Å². The number of hydrogen-bond acceptors (Lipinski definition) is 4. The third-order valence-corrected chi connectivity index (χ3v) is 5.73. The number of hydrogen-bond donors (Lipinski definition) is 2. The van der Waals surface area contributed by atoms with Gasteiger partial charge >= 0.3 is 0 Å². The third kappa shape index (κ3) is 34.6. The number of fused-ring (bicyclic) bond motifs is 3. The number of aliphatic hydroxyl groups excluding tert-OH is 1. The second-order valence-corrected chi connectivity index (χ2v) is 9.47. The van der Waals surface area contributed by atoms with Crippen LogP contribution in [0.2, 0.25) is 0 Å². The highest BCUT2D eigenvalue weighted by Crippen LogP contribution is 2.13. The van der Waals surface area contributed by atoms with Gasteiger partial charge in [0.1, 0.15) is 5.75 Å². The van der Waals surface area contributed by atoms with Crippen LogP contribution in [0.25, 0.3) is 32.3 Å². The lowest BCUT2D eigenvalue weighted by molar-refractivity contribution is 0.399. The number of benzene rings is 7. The number of rotatable bonds is 0. The molecular weight excluding hydrogens is 775 g/mol. The first kappa shape index (κ1) is 72.1. The Morgan fingerprint density at radius 1 is 0.304 bits per heavy atom. The molecule has 0 spiro atoms. The molecule has 7 aromatic rings. The van der Waals surface area contributed by atoms with Crippen molar-refractivity contribution in [2.75, 3.05) is 20.4 Å². The molecule has 0 saturated carbocycles. The molecule has 0 radical (unpaired) electrons. The van der Waals surface area contributed by atoms with Crippen molar-refractivity contribution in [3.63, 3.8) is 0 Å². The predicted molar refractivity (Wildman–Crippen MR) is 235 cm³/mol. The highest BCUT2D eigenvalue weighted by Gasteiger charge is 1.87. The summed E-state index contributed by atoms with van der Waals surface area (Å²) in [4.78, 5) is 0. The standard InChI is InChI=1S/3C10H8.C6H6O.2C2H6.2CH3OP.CH4O.7FH/c3*1-2-6-10-8-4-3-7-9(10)5-1;7-6-4-2-1-3-5-6;2*1-2;2*1-3-2;1-2;;;;;;;/h3*1-8H;1-5,7H;2*1-2H3;2*1H3;2H,1H3;7*1H. The van der Waals surface area contributed by atoms with Gasteiger partial charge in [-0.05, 0) is 44.5 Å². The van der Waals surface area contributed by atoms with Crippen molar-refractivity contribution in [3.05, 3.63) is 176 Å². The highest BCUT2D eigenvalue weighted by molar-refractivity contribution is 7.22. The van der Waals surface area contributed by atoms with E-state index >= 15 is 0 Å². The van der Waals surface area contributed by atoms with Gasteiger partial charge in [0.25, 0.3) is 0 Å². The summed E-state index contributed by atoms with van der Waals surface area (Å²) in [5.41, 5.74) is 0. The van der Waals surface area contributed by atoms with Gasteiger partial charge in [-0.25, -0.2) is 0 Å². The molecule has 0 amide bonds. The number of aliphatic hydroxyl groups is 1. The molecule has 314 valence electrons. The van der Waals surface area contributed by atoms with Crippen LogP contribution in [0.3, 0.4) is 0 Å². The Kier molecular flexibility index (Phi) is 69.7. The number of phenols is 1. The normalized spacial score (nSPS) is 7.50. The Balaban J connectivity index is -0.0000000666. The van der Waals surface area contributed by atoms with Crippen LogP contribution in [0.15, 0.2) is 176 Å². The van der Waals surface area contributed by atoms with E-state index in [-0.39, 0.29) is 49.9 Å². The molecule has 0 unspecified atom stereocenters. The monoisotopic (exact) mass is 834 g/mol. The first-order valence-electron chi connectivity index (χ1n) is 16.1.